The lowest BCUT2D eigenvalue weighted by Gasteiger charge is -2.34. The van der Waals surface area contributed by atoms with E-state index < -0.39 is 36.4 Å². The maximum atomic E-state index is 15.6. The van der Waals surface area contributed by atoms with Crippen LogP contribution in [0.5, 0.6) is 5.75 Å². The highest BCUT2D eigenvalue weighted by atomic mass is 19.1. The van der Waals surface area contributed by atoms with E-state index in [4.69, 9.17) is 10.5 Å². The molecule has 2 aromatic carbocycles. The topological polar surface area (TPSA) is 107 Å². The number of anilines is 1. The fraction of sp³-hybridized carbons (Fsp3) is 0.393. The number of hydrogen-bond acceptors (Lipinski definition) is 5. The molecule has 3 aromatic rings. The Morgan fingerprint density at radius 1 is 1.18 bits per heavy atom. The molecule has 0 spiro atoms. The molecule has 11 heteroatoms. The van der Waals surface area contributed by atoms with Gasteiger partial charge in [-0.2, -0.15) is 0 Å². The minimum atomic E-state index is -0.807. The number of carbonyl (C=O) groups is 2. The van der Waals surface area contributed by atoms with E-state index in [1.54, 1.807) is 30.0 Å². The van der Waals surface area contributed by atoms with Crippen molar-refractivity contribution in [2.24, 2.45) is 11.7 Å². The molecule has 0 radical (unpaired) electrons. The minimum Gasteiger partial charge on any atom is -0.492 e. The zero-order valence-electron chi connectivity index (χ0n) is 21.9. The van der Waals surface area contributed by atoms with Crippen LogP contribution in [0.25, 0.3) is 10.9 Å². The zero-order chi connectivity index (χ0) is 28.3. The molecule has 1 saturated heterocycles. The number of methoxy groups -OCH3 is 1. The van der Waals surface area contributed by atoms with E-state index in [0.717, 1.165) is 17.2 Å². The number of nitrogens with one attached hydrogen (secondary N) is 1. The SMILES string of the molecule is COc1c(N2CCC(C(N)=O)CC2)c(F)cc2c(=O)c(C(=O)NCc3ccc(CF)cc3C)cn(CCF)c12. The first-order valence-corrected chi connectivity index (χ1v) is 12.7. The minimum absolute atomic E-state index is 0.0450. The van der Waals surface area contributed by atoms with Gasteiger partial charge < -0.3 is 25.3 Å². The smallest absolute Gasteiger partial charge is 0.257 e. The summed E-state index contributed by atoms with van der Waals surface area (Å²) >= 11 is 0. The van der Waals surface area contributed by atoms with Gasteiger partial charge in [-0.15, -0.1) is 0 Å². The van der Waals surface area contributed by atoms with E-state index in [2.05, 4.69) is 5.32 Å². The van der Waals surface area contributed by atoms with Crippen molar-refractivity contribution in [1.29, 1.82) is 0 Å². The van der Waals surface area contributed by atoms with Crippen LogP contribution in [0.4, 0.5) is 18.9 Å². The number of benzene rings is 2. The maximum absolute atomic E-state index is 15.6. The van der Waals surface area contributed by atoms with E-state index in [-0.39, 0.29) is 46.9 Å². The average molecular weight is 545 g/mol. The number of ether oxygens (including phenoxy) is 1. The van der Waals surface area contributed by atoms with Crippen molar-refractivity contribution in [2.45, 2.75) is 39.5 Å². The van der Waals surface area contributed by atoms with Gasteiger partial charge in [0.15, 0.2) is 11.6 Å². The summed E-state index contributed by atoms with van der Waals surface area (Å²) in [4.78, 5) is 39.8. The fourth-order valence-electron chi connectivity index (χ4n) is 5.10. The number of halogens is 3. The summed E-state index contributed by atoms with van der Waals surface area (Å²) in [6.45, 7) is 0.929. The first-order chi connectivity index (χ1) is 18.7. The van der Waals surface area contributed by atoms with Crippen LogP contribution >= 0.6 is 0 Å². The van der Waals surface area contributed by atoms with E-state index >= 15 is 4.39 Å². The summed E-state index contributed by atoms with van der Waals surface area (Å²) in [5.74, 6) is -2.12. The molecule has 1 aliphatic heterocycles. The number of nitrogens with two attached hydrogens (primary N) is 1. The van der Waals surface area contributed by atoms with Gasteiger partial charge in [0, 0.05) is 31.7 Å². The monoisotopic (exact) mass is 544 g/mol. The molecule has 208 valence electrons. The number of hydrogen-bond donors (Lipinski definition) is 2. The quantitative estimate of drug-likeness (QED) is 0.429. The predicted octanol–water partition coefficient (Wildman–Crippen LogP) is 3.53. The molecular formula is C28H31F3N4O4. The summed E-state index contributed by atoms with van der Waals surface area (Å²) in [5, 5.41) is 2.56. The molecule has 0 saturated carbocycles. The van der Waals surface area contributed by atoms with Crippen LogP contribution in [0, 0.1) is 18.7 Å². The van der Waals surface area contributed by atoms with Gasteiger partial charge in [-0.25, -0.2) is 13.2 Å². The highest BCUT2D eigenvalue weighted by Gasteiger charge is 2.29. The third-order valence-corrected chi connectivity index (χ3v) is 7.23. The predicted molar refractivity (Wildman–Crippen MR) is 142 cm³/mol. The number of rotatable bonds is 9. The molecule has 1 aliphatic rings. The van der Waals surface area contributed by atoms with Crippen LogP contribution in [0.1, 0.15) is 39.9 Å². The molecule has 0 aliphatic carbocycles. The summed E-state index contributed by atoms with van der Waals surface area (Å²) in [7, 11) is 1.33. The molecule has 3 N–H and O–H groups in total. The summed E-state index contributed by atoms with van der Waals surface area (Å²) in [5.41, 5.74) is 6.72. The van der Waals surface area contributed by atoms with Crippen molar-refractivity contribution in [1.82, 2.24) is 9.88 Å². The highest BCUT2D eigenvalue weighted by Crippen LogP contribution is 2.39. The zero-order valence-corrected chi connectivity index (χ0v) is 21.9. The second-order valence-corrected chi connectivity index (χ2v) is 9.63. The van der Waals surface area contributed by atoms with Gasteiger partial charge >= 0.3 is 0 Å². The number of aromatic nitrogens is 1. The Bertz CT molecular complexity index is 1470. The van der Waals surface area contributed by atoms with Crippen LogP contribution < -0.4 is 26.1 Å². The number of pyridine rings is 1. The number of primary amides is 1. The van der Waals surface area contributed by atoms with Crippen molar-refractivity contribution >= 4 is 28.4 Å². The summed E-state index contributed by atoms with van der Waals surface area (Å²) in [6, 6.07) is 6.03. The van der Waals surface area contributed by atoms with Crippen LogP contribution in [0.15, 0.2) is 35.3 Å². The Hall–Kier alpha value is -4.02. The number of piperidine rings is 1. The van der Waals surface area contributed by atoms with Crippen molar-refractivity contribution in [3.8, 4) is 5.75 Å². The van der Waals surface area contributed by atoms with Crippen LogP contribution in [0.2, 0.25) is 0 Å². The molecule has 0 atom stereocenters. The first-order valence-electron chi connectivity index (χ1n) is 12.7. The Morgan fingerprint density at radius 2 is 1.90 bits per heavy atom. The van der Waals surface area contributed by atoms with Crippen LogP contribution in [-0.2, 0) is 24.6 Å². The normalized spacial score (nSPS) is 14.0. The van der Waals surface area contributed by atoms with E-state index in [0.29, 0.717) is 31.5 Å². The first kappa shape index (κ1) is 28.0. The van der Waals surface area contributed by atoms with E-state index in [1.807, 2.05) is 0 Å². The number of carbonyl (C=O) groups excluding carboxylic acids is 2. The molecule has 1 aromatic heterocycles. The van der Waals surface area contributed by atoms with Crippen LogP contribution in [0.3, 0.4) is 0 Å². The molecular weight excluding hydrogens is 513 g/mol. The van der Waals surface area contributed by atoms with Gasteiger partial charge in [0.25, 0.3) is 5.91 Å². The fourth-order valence-corrected chi connectivity index (χ4v) is 5.10. The molecule has 8 nitrogen and oxygen atoms in total. The molecule has 0 bridgehead atoms. The van der Waals surface area contributed by atoms with E-state index in [9.17, 15) is 23.2 Å². The molecule has 0 unspecified atom stereocenters. The average Bonchev–Trinajstić information content (AvgIpc) is 2.93. The van der Waals surface area contributed by atoms with Crippen LogP contribution in [-0.4, -0.2) is 43.3 Å². The highest BCUT2D eigenvalue weighted by molar-refractivity contribution is 5.99. The lowest BCUT2D eigenvalue weighted by Crippen LogP contribution is -2.39. The second kappa shape index (κ2) is 11.8. The summed E-state index contributed by atoms with van der Waals surface area (Å²) in [6.07, 6.45) is 2.12. The number of aryl methyl sites for hydroxylation is 2. The number of fused-ring (bicyclic) bond motifs is 1. The number of amides is 2. The Balaban J connectivity index is 1.73. The maximum Gasteiger partial charge on any atom is 0.257 e. The Morgan fingerprint density at radius 3 is 2.49 bits per heavy atom. The van der Waals surface area contributed by atoms with Gasteiger partial charge in [0.05, 0.1) is 24.6 Å². The molecule has 39 heavy (non-hydrogen) atoms. The Labute approximate surface area is 223 Å². The molecule has 2 heterocycles. The van der Waals surface area contributed by atoms with Gasteiger partial charge in [0.1, 0.15) is 24.6 Å². The third kappa shape index (κ3) is 5.57. The number of nitrogens with zero attached hydrogens (tertiary/aromatic N) is 2. The van der Waals surface area contributed by atoms with Gasteiger partial charge in [-0.1, -0.05) is 18.2 Å². The van der Waals surface area contributed by atoms with Crippen molar-refractivity contribution in [2.75, 3.05) is 31.8 Å². The van der Waals surface area contributed by atoms with Gasteiger partial charge in [0.2, 0.25) is 11.3 Å². The summed E-state index contributed by atoms with van der Waals surface area (Å²) < 4.78 is 49.0. The molecule has 2 amide bonds. The van der Waals surface area contributed by atoms with Crippen molar-refractivity contribution < 1.29 is 27.5 Å². The van der Waals surface area contributed by atoms with E-state index in [1.165, 1.54) is 17.9 Å². The van der Waals surface area contributed by atoms with Gasteiger partial charge in [-0.3, -0.25) is 14.4 Å². The Kier molecular flexibility index (Phi) is 8.47. The third-order valence-electron chi connectivity index (χ3n) is 7.23. The number of alkyl halides is 2. The van der Waals surface area contributed by atoms with Gasteiger partial charge in [-0.05, 0) is 42.5 Å². The standard InChI is InChI=1S/C28H31F3N4O4/c1-16-11-17(13-30)3-4-19(16)14-33-28(38)21-15-35(10-7-29)23-20(25(21)36)12-22(31)24(26(23)39-2)34-8-5-18(6-9-34)27(32)37/h3-4,11-12,15,18H,5-10,13-14H2,1-2H3,(H2,32,37)(H,33,38). The molecule has 1 fully saturated rings. The lowest BCUT2D eigenvalue weighted by molar-refractivity contribution is -0.122. The largest absolute Gasteiger partial charge is 0.492 e. The lowest BCUT2D eigenvalue weighted by atomic mass is 9.95. The second-order valence-electron chi connectivity index (χ2n) is 9.63. The van der Waals surface area contributed by atoms with Crippen molar-refractivity contribution in [3.63, 3.8) is 0 Å². The van der Waals surface area contributed by atoms with Crippen molar-refractivity contribution in [3.05, 3.63) is 68.8 Å². The molecule has 4 rings (SSSR count).